The molecule has 1 fully saturated rings. The van der Waals surface area contributed by atoms with Crippen LogP contribution < -0.4 is 10.1 Å². The lowest BCUT2D eigenvalue weighted by molar-refractivity contribution is -0.143. The molecule has 1 saturated carbocycles. The Morgan fingerprint density at radius 3 is 2.57 bits per heavy atom. The fourth-order valence-electron chi connectivity index (χ4n) is 4.19. The first-order chi connectivity index (χ1) is 16.8. The highest BCUT2D eigenvalue weighted by atomic mass is 35.5. The molecule has 1 aliphatic rings. The molecule has 0 spiro atoms. The third kappa shape index (κ3) is 6.48. The van der Waals surface area contributed by atoms with E-state index in [9.17, 15) is 14.7 Å². The number of carboxylic acids is 1. The Morgan fingerprint density at radius 1 is 1.11 bits per heavy atom. The average molecular weight is 534 g/mol. The van der Waals surface area contributed by atoms with Crippen molar-refractivity contribution in [2.24, 2.45) is 5.92 Å². The van der Waals surface area contributed by atoms with Crippen molar-refractivity contribution in [3.63, 3.8) is 0 Å². The molecule has 1 unspecified atom stereocenters. The Morgan fingerprint density at radius 2 is 1.86 bits per heavy atom. The van der Waals surface area contributed by atoms with Gasteiger partial charge in [0.15, 0.2) is 0 Å². The summed E-state index contributed by atoms with van der Waals surface area (Å²) in [6.07, 6.45) is 1.64. The molecule has 1 aromatic heterocycles. The number of anilines is 1. The lowest BCUT2D eigenvalue weighted by Crippen LogP contribution is -2.29. The van der Waals surface area contributed by atoms with Gasteiger partial charge in [-0.1, -0.05) is 41.4 Å². The Balaban J connectivity index is 1.41. The summed E-state index contributed by atoms with van der Waals surface area (Å²) in [5, 5.41) is 12.6. The number of aliphatic carboxylic acids is 1. The van der Waals surface area contributed by atoms with Gasteiger partial charge < -0.3 is 14.6 Å². The number of carbonyl (C=O) groups excluding carboxylic acids is 1. The predicted octanol–water partition coefficient (Wildman–Crippen LogP) is 8.05. The molecule has 2 aromatic carbocycles. The summed E-state index contributed by atoms with van der Waals surface area (Å²) >= 11 is 13.8. The van der Waals surface area contributed by atoms with Crippen LogP contribution in [-0.4, -0.2) is 23.3 Å². The minimum Gasteiger partial charge on any atom is -0.490 e. The van der Waals surface area contributed by atoms with Crippen molar-refractivity contribution in [2.45, 2.75) is 44.8 Å². The second-order valence-electron chi connectivity index (χ2n) is 8.45. The summed E-state index contributed by atoms with van der Waals surface area (Å²) in [5.41, 5.74) is 2.12. The Kier molecular flexibility index (Phi) is 8.21. The number of hydrogen-bond acceptors (Lipinski definition) is 5. The van der Waals surface area contributed by atoms with Gasteiger partial charge in [-0.05, 0) is 74.6 Å². The molecule has 2 N–H and O–H groups in total. The molecular weight excluding hydrogens is 509 g/mol. The summed E-state index contributed by atoms with van der Waals surface area (Å²) in [4.78, 5) is 24.7. The number of thiophene rings is 1. The number of nitrogens with one attached hydrogen (secondary N) is 1. The smallest absolute Gasteiger partial charge is 0.412 e. The molecule has 9 heteroatoms. The highest BCUT2D eigenvalue weighted by Crippen LogP contribution is 2.40. The van der Waals surface area contributed by atoms with Gasteiger partial charge in [-0.3, -0.25) is 10.1 Å². The number of rotatable bonds is 7. The van der Waals surface area contributed by atoms with Gasteiger partial charge in [0.1, 0.15) is 11.9 Å². The fraction of sp³-hybridized carbons (Fsp3) is 0.308. The van der Waals surface area contributed by atoms with Crippen LogP contribution in [0.2, 0.25) is 9.36 Å². The van der Waals surface area contributed by atoms with Gasteiger partial charge in [0.2, 0.25) is 0 Å². The van der Waals surface area contributed by atoms with Crippen LogP contribution >= 0.6 is 34.5 Å². The number of benzene rings is 2. The first-order valence-electron chi connectivity index (χ1n) is 11.3. The first-order valence-corrected chi connectivity index (χ1v) is 12.9. The van der Waals surface area contributed by atoms with Crippen LogP contribution in [0.15, 0.2) is 54.6 Å². The van der Waals surface area contributed by atoms with Crippen molar-refractivity contribution in [3.8, 4) is 16.2 Å². The summed E-state index contributed by atoms with van der Waals surface area (Å²) in [6.45, 7) is 1.76. The average Bonchev–Trinajstić information content (AvgIpc) is 3.19. The normalized spacial score (nSPS) is 18.5. The maximum Gasteiger partial charge on any atom is 0.412 e. The van der Waals surface area contributed by atoms with Gasteiger partial charge in [0.05, 0.1) is 26.9 Å². The zero-order valence-corrected chi connectivity index (χ0v) is 21.3. The van der Waals surface area contributed by atoms with E-state index in [1.165, 1.54) is 11.3 Å². The molecule has 1 heterocycles. The van der Waals surface area contributed by atoms with E-state index in [1.807, 2.05) is 42.5 Å². The zero-order chi connectivity index (χ0) is 24.9. The van der Waals surface area contributed by atoms with Crippen LogP contribution in [0.25, 0.3) is 10.4 Å². The van der Waals surface area contributed by atoms with E-state index in [0.29, 0.717) is 33.6 Å². The molecule has 0 radical (unpaired) electrons. The van der Waals surface area contributed by atoms with Gasteiger partial charge >= 0.3 is 12.1 Å². The quantitative estimate of drug-likeness (QED) is 0.320. The van der Waals surface area contributed by atoms with Crippen LogP contribution in [-0.2, 0) is 9.53 Å². The molecule has 1 amide bonds. The Labute approximate surface area is 217 Å². The van der Waals surface area contributed by atoms with E-state index in [1.54, 1.807) is 19.1 Å². The molecule has 184 valence electrons. The van der Waals surface area contributed by atoms with E-state index in [-0.39, 0.29) is 12.0 Å². The first kappa shape index (κ1) is 25.4. The van der Waals surface area contributed by atoms with Crippen molar-refractivity contribution in [1.82, 2.24) is 0 Å². The molecule has 3 aromatic rings. The van der Waals surface area contributed by atoms with Gasteiger partial charge in [0.25, 0.3) is 0 Å². The summed E-state index contributed by atoms with van der Waals surface area (Å²) in [6, 6.07) is 16.4. The van der Waals surface area contributed by atoms with E-state index in [2.05, 4.69) is 5.32 Å². The van der Waals surface area contributed by atoms with Gasteiger partial charge in [-0.25, -0.2) is 4.79 Å². The summed E-state index contributed by atoms with van der Waals surface area (Å²) in [5.74, 6) is -0.437. The molecule has 1 aliphatic carbocycles. The maximum absolute atomic E-state index is 12.6. The number of carbonyl (C=O) groups is 2. The van der Waals surface area contributed by atoms with E-state index in [4.69, 9.17) is 32.7 Å². The standard InChI is InChI=1S/C26H25Cl2NO5S/c1-15(20-7-2-3-8-21(20)27)33-26(32)29-22-14-23(28)35-24(22)16-9-11-18(12-10-16)34-19-6-4-5-17(13-19)25(30)31/h2-3,7-12,14-15,17,19H,4-6,13H2,1H3,(H,29,32)(H,30,31)/t15-,17+,19?/m1/s1. The number of halogens is 2. The molecule has 6 nitrogen and oxygen atoms in total. The van der Waals surface area contributed by atoms with E-state index in [0.717, 1.165) is 28.8 Å². The minimum absolute atomic E-state index is 0.112. The molecule has 4 rings (SSSR count). The van der Waals surface area contributed by atoms with E-state index >= 15 is 0 Å². The van der Waals surface area contributed by atoms with Crippen molar-refractivity contribution < 1.29 is 24.2 Å². The van der Waals surface area contributed by atoms with Crippen molar-refractivity contribution >= 4 is 52.3 Å². The van der Waals surface area contributed by atoms with Crippen molar-refractivity contribution in [2.75, 3.05) is 5.32 Å². The van der Waals surface area contributed by atoms with Crippen LogP contribution in [0, 0.1) is 5.92 Å². The molecule has 35 heavy (non-hydrogen) atoms. The predicted molar refractivity (Wildman–Crippen MR) is 139 cm³/mol. The number of hydrogen-bond donors (Lipinski definition) is 2. The molecular formula is C26H25Cl2NO5S. The Bertz CT molecular complexity index is 1200. The number of carboxylic acid groups (broad SMARTS) is 1. The summed E-state index contributed by atoms with van der Waals surface area (Å²) < 4.78 is 12.1. The van der Waals surface area contributed by atoms with Crippen LogP contribution in [0.4, 0.5) is 10.5 Å². The minimum atomic E-state index is -0.761. The highest BCUT2D eigenvalue weighted by molar-refractivity contribution is 7.20. The molecule has 3 atom stereocenters. The van der Waals surface area contributed by atoms with Crippen LogP contribution in [0.1, 0.15) is 44.3 Å². The summed E-state index contributed by atoms with van der Waals surface area (Å²) in [7, 11) is 0. The maximum atomic E-state index is 12.6. The van der Waals surface area contributed by atoms with Gasteiger partial charge in [-0.2, -0.15) is 0 Å². The molecule has 0 saturated heterocycles. The van der Waals surface area contributed by atoms with Gasteiger partial charge in [-0.15, -0.1) is 11.3 Å². The Hall–Kier alpha value is -2.74. The van der Waals surface area contributed by atoms with Crippen molar-refractivity contribution in [1.29, 1.82) is 0 Å². The highest BCUT2D eigenvalue weighted by Gasteiger charge is 2.28. The lowest BCUT2D eigenvalue weighted by Gasteiger charge is -2.27. The van der Waals surface area contributed by atoms with Crippen LogP contribution in [0.5, 0.6) is 5.75 Å². The molecule has 0 aliphatic heterocycles. The second kappa shape index (κ2) is 11.3. The number of ether oxygens (including phenoxy) is 2. The lowest BCUT2D eigenvalue weighted by atomic mass is 9.87. The number of amides is 1. The van der Waals surface area contributed by atoms with Crippen LogP contribution in [0.3, 0.4) is 0 Å². The monoisotopic (exact) mass is 533 g/mol. The van der Waals surface area contributed by atoms with Crippen molar-refractivity contribution in [3.05, 3.63) is 69.5 Å². The SMILES string of the molecule is C[C@@H](OC(=O)Nc1cc(Cl)sc1-c1ccc(OC2CCC[C@H](C(=O)O)C2)cc1)c1ccccc1Cl. The van der Waals surface area contributed by atoms with E-state index < -0.39 is 18.2 Å². The fourth-order valence-corrected chi connectivity index (χ4v) is 5.67. The molecule has 0 bridgehead atoms. The third-order valence-corrected chi connectivity index (χ3v) is 7.62. The largest absolute Gasteiger partial charge is 0.490 e. The topological polar surface area (TPSA) is 84.9 Å². The third-order valence-electron chi connectivity index (χ3n) is 5.96. The van der Waals surface area contributed by atoms with Gasteiger partial charge in [0, 0.05) is 10.6 Å². The second-order valence-corrected chi connectivity index (χ2v) is 10.5. The zero-order valence-electron chi connectivity index (χ0n) is 19.0.